The van der Waals surface area contributed by atoms with Gasteiger partial charge in [0.1, 0.15) is 10.8 Å². The second-order valence-electron chi connectivity index (χ2n) is 3.87. The quantitative estimate of drug-likeness (QED) is 0.828. The Morgan fingerprint density at radius 3 is 2.76 bits per heavy atom. The third-order valence-corrected chi connectivity index (χ3v) is 3.46. The van der Waals surface area contributed by atoms with Gasteiger partial charge in [0.25, 0.3) is 0 Å². The van der Waals surface area contributed by atoms with Crippen LogP contribution in [0.15, 0.2) is 52.5 Å². The largest absolute Gasteiger partial charge is 0.494 e. The average molecular weight is 305 g/mol. The normalized spacial score (nSPS) is 9.81. The van der Waals surface area contributed by atoms with Crippen LogP contribution in [-0.4, -0.2) is 25.3 Å². The lowest BCUT2D eigenvalue weighted by Gasteiger charge is -2.12. The van der Waals surface area contributed by atoms with Crippen LogP contribution in [0.3, 0.4) is 0 Å². The Labute approximate surface area is 126 Å². The number of rotatable bonds is 5. The Kier molecular flexibility index (Phi) is 5.28. The Morgan fingerprint density at radius 2 is 2.10 bits per heavy atom. The number of carbonyl (C=O) groups excluding carboxylic acids is 1. The van der Waals surface area contributed by atoms with Gasteiger partial charge in [-0.1, -0.05) is 17.8 Å². The highest BCUT2D eigenvalue weighted by atomic mass is 32.2. The molecule has 0 unspecified atom stereocenters. The molecule has 110 valence electrons. The van der Waals surface area contributed by atoms with Gasteiger partial charge in [0.2, 0.25) is 0 Å². The summed E-state index contributed by atoms with van der Waals surface area (Å²) in [5, 5.41) is 0.896. The summed E-state index contributed by atoms with van der Waals surface area (Å²) in [5.41, 5.74) is 5.75. The van der Waals surface area contributed by atoms with Crippen molar-refractivity contribution in [1.82, 2.24) is 10.4 Å². The number of aromatic nitrogens is 1. The van der Waals surface area contributed by atoms with Gasteiger partial charge in [0, 0.05) is 11.1 Å². The number of methoxy groups -OCH3 is 2. The van der Waals surface area contributed by atoms with E-state index >= 15 is 0 Å². The van der Waals surface area contributed by atoms with E-state index in [0.29, 0.717) is 11.4 Å². The van der Waals surface area contributed by atoms with Gasteiger partial charge in [-0.05, 0) is 30.3 Å². The fraction of sp³-hybridized carbons (Fsp3) is 0.143. The van der Waals surface area contributed by atoms with E-state index in [1.165, 1.54) is 18.9 Å². The number of benzene rings is 1. The molecule has 2 N–H and O–H groups in total. The van der Waals surface area contributed by atoms with Crippen LogP contribution < -0.4 is 15.6 Å². The standard InChI is InChI=1S/C14H15N3O3S/c1-19-12-9-10(21-13-5-3-4-8-15-13)6-7-11(12)16-17-14(18)20-2/h3-9,16H,1-2H3,(H,17,18). The summed E-state index contributed by atoms with van der Waals surface area (Å²) in [6.45, 7) is 0. The maximum absolute atomic E-state index is 11.0. The summed E-state index contributed by atoms with van der Waals surface area (Å²) in [5.74, 6) is 0.604. The number of pyridine rings is 1. The van der Waals surface area contributed by atoms with Crippen LogP contribution in [0.2, 0.25) is 0 Å². The van der Waals surface area contributed by atoms with Crippen LogP contribution in [0.1, 0.15) is 0 Å². The second-order valence-corrected chi connectivity index (χ2v) is 4.97. The molecular formula is C14H15N3O3S. The Hall–Kier alpha value is -2.41. The topological polar surface area (TPSA) is 72.5 Å². The van der Waals surface area contributed by atoms with Crippen molar-refractivity contribution in [3.8, 4) is 5.75 Å². The fourth-order valence-electron chi connectivity index (χ4n) is 1.54. The van der Waals surface area contributed by atoms with Crippen LogP contribution in [0.5, 0.6) is 5.75 Å². The Bertz CT molecular complexity index is 608. The number of hydrogen-bond donors (Lipinski definition) is 2. The van der Waals surface area contributed by atoms with Crippen molar-refractivity contribution < 1.29 is 14.3 Å². The van der Waals surface area contributed by atoms with Gasteiger partial charge in [-0.2, -0.15) is 0 Å². The van der Waals surface area contributed by atoms with E-state index in [9.17, 15) is 4.79 Å². The van der Waals surface area contributed by atoms with E-state index < -0.39 is 6.09 Å². The van der Waals surface area contributed by atoms with E-state index in [0.717, 1.165) is 9.92 Å². The molecule has 0 aliphatic carbocycles. The molecule has 0 atom stereocenters. The predicted octanol–water partition coefficient (Wildman–Crippen LogP) is 2.92. The van der Waals surface area contributed by atoms with Gasteiger partial charge in [0.15, 0.2) is 0 Å². The molecule has 2 aromatic rings. The van der Waals surface area contributed by atoms with Gasteiger partial charge in [-0.25, -0.2) is 15.2 Å². The average Bonchev–Trinajstić information content (AvgIpc) is 2.54. The number of hydrazine groups is 1. The van der Waals surface area contributed by atoms with Crippen LogP contribution in [0.25, 0.3) is 0 Å². The molecule has 0 radical (unpaired) electrons. The molecule has 0 aliphatic heterocycles. The number of anilines is 1. The minimum absolute atomic E-state index is 0.580. The van der Waals surface area contributed by atoms with Gasteiger partial charge in [-0.3, -0.25) is 5.43 Å². The summed E-state index contributed by atoms with van der Waals surface area (Å²) in [6.07, 6.45) is 1.17. The predicted molar refractivity (Wildman–Crippen MR) is 80.5 cm³/mol. The molecule has 1 heterocycles. The zero-order valence-corrected chi connectivity index (χ0v) is 12.4. The van der Waals surface area contributed by atoms with Gasteiger partial charge >= 0.3 is 6.09 Å². The number of nitrogens with zero attached hydrogens (tertiary/aromatic N) is 1. The number of hydrogen-bond acceptors (Lipinski definition) is 6. The molecule has 6 nitrogen and oxygen atoms in total. The number of amides is 1. The highest BCUT2D eigenvalue weighted by Crippen LogP contribution is 2.32. The first-order valence-corrected chi connectivity index (χ1v) is 6.91. The van der Waals surface area contributed by atoms with E-state index in [1.807, 2.05) is 30.3 Å². The number of ether oxygens (including phenoxy) is 2. The number of carbonyl (C=O) groups is 1. The highest BCUT2D eigenvalue weighted by molar-refractivity contribution is 7.99. The molecule has 2 rings (SSSR count). The van der Waals surface area contributed by atoms with E-state index in [2.05, 4.69) is 20.6 Å². The number of nitrogens with one attached hydrogen (secondary N) is 2. The van der Waals surface area contributed by atoms with Crippen molar-refractivity contribution in [2.45, 2.75) is 9.92 Å². The van der Waals surface area contributed by atoms with E-state index in [4.69, 9.17) is 4.74 Å². The lowest BCUT2D eigenvalue weighted by atomic mass is 10.3. The monoisotopic (exact) mass is 305 g/mol. The first kappa shape index (κ1) is 15.0. The zero-order chi connectivity index (χ0) is 15.1. The molecule has 0 saturated carbocycles. The third-order valence-electron chi connectivity index (χ3n) is 2.52. The van der Waals surface area contributed by atoms with Crippen molar-refractivity contribution in [3.05, 3.63) is 42.6 Å². The van der Waals surface area contributed by atoms with Crippen molar-refractivity contribution in [2.75, 3.05) is 19.6 Å². The molecule has 1 aromatic carbocycles. The zero-order valence-electron chi connectivity index (χ0n) is 11.6. The Balaban J connectivity index is 2.10. The lowest BCUT2D eigenvalue weighted by molar-refractivity contribution is 0.173. The molecule has 1 aromatic heterocycles. The van der Waals surface area contributed by atoms with Crippen LogP contribution in [0, 0.1) is 0 Å². The highest BCUT2D eigenvalue weighted by Gasteiger charge is 2.07. The second kappa shape index (κ2) is 7.39. The van der Waals surface area contributed by atoms with Crippen molar-refractivity contribution in [2.24, 2.45) is 0 Å². The van der Waals surface area contributed by atoms with Gasteiger partial charge in [-0.15, -0.1) is 0 Å². The van der Waals surface area contributed by atoms with Crippen LogP contribution in [0.4, 0.5) is 10.5 Å². The first-order valence-electron chi connectivity index (χ1n) is 6.10. The maximum atomic E-state index is 11.0. The molecular weight excluding hydrogens is 290 g/mol. The lowest BCUT2D eigenvalue weighted by Crippen LogP contribution is -2.29. The summed E-state index contributed by atoms with van der Waals surface area (Å²) in [4.78, 5) is 16.3. The summed E-state index contributed by atoms with van der Waals surface area (Å²) >= 11 is 1.52. The molecule has 1 amide bonds. The Morgan fingerprint density at radius 1 is 1.24 bits per heavy atom. The fourth-order valence-corrected chi connectivity index (χ4v) is 2.34. The van der Waals surface area contributed by atoms with Gasteiger partial charge < -0.3 is 9.47 Å². The van der Waals surface area contributed by atoms with E-state index in [1.54, 1.807) is 19.4 Å². The van der Waals surface area contributed by atoms with Crippen LogP contribution in [-0.2, 0) is 4.74 Å². The summed E-state index contributed by atoms with van der Waals surface area (Å²) in [6, 6.07) is 11.3. The molecule has 0 bridgehead atoms. The van der Waals surface area contributed by atoms with Gasteiger partial charge in [0.05, 0.1) is 19.9 Å². The maximum Gasteiger partial charge on any atom is 0.425 e. The molecule has 21 heavy (non-hydrogen) atoms. The molecule has 7 heteroatoms. The minimum atomic E-state index is -0.580. The molecule has 0 spiro atoms. The van der Waals surface area contributed by atoms with Crippen molar-refractivity contribution in [1.29, 1.82) is 0 Å². The third kappa shape index (κ3) is 4.28. The van der Waals surface area contributed by atoms with Crippen molar-refractivity contribution in [3.63, 3.8) is 0 Å². The van der Waals surface area contributed by atoms with E-state index in [-0.39, 0.29) is 0 Å². The minimum Gasteiger partial charge on any atom is -0.494 e. The smallest absolute Gasteiger partial charge is 0.425 e. The summed E-state index contributed by atoms with van der Waals surface area (Å²) in [7, 11) is 2.86. The molecule has 0 aliphatic rings. The SMILES string of the molecule is COC(=O)NNc1ccc(Sc2ccccn2)cc1OC. The summed E-state index contributed by atoms with van der Waals surface area (Å²) < 4.78 is 9.78. The first-order chi connectivity index (χ1) is 10.2. The molecule has 0 saturated heterocycles. The van der Waals surface area contributed by atoms with Crippen LogP contribution >= 0.6 is 11.8 Å². The molecule has 0 fully saturated rings. The van der Waals surface area contributed by atoms with Crippen molar-refractivity contribution >= 4 is 23.5 Å².